The van der Waals surface area contributed by atoms with E-state index in [4.69, 9.17) is 14.5 Å². The van der Waals surface area contributed by atoms with E-state index in [-0.39, 0.29) is 24.1 Å². The molecule has 3 aromatic rings. The van der Waals surface area contributed by atoms with Crippen LogP contribution in [-0.4, -0.2) is 22.6 Å². The van der Waals surface area contributed by atoms with Crippen LogP contribution < -0.4 is 10.3 Å². The molecular weight excluding hydrogens is 344 g/mol. The summed E-state index contributed by atoms with van der Waals surface area (Å²) in [4.78, 5) is 29.8. The average Bonchev–Trinajstić information content (AvgIpc) is 3.03. The Labute approximate surface area is 155 Å². The Morgan fingerprint density at radius 3 is 2.89 bits per heavy atom. The van der Waals surface area contributed by atoms with Gasteiger partial charge in [0.1, 0.15) is 11.9 Å². The lowest BCUT2D eigenvalue weighted by Gasteiger charge is -2.25. The second kappa shape index (κ2) is 5.67. The SMILES string of the molecule is CCC1OC(=O)Cc2c1cc1n(c2=O)Cc2cc3cc(OC)ccc3nc2-1. The zero-order valence-electron chi connectivity index (χ0n) is 15.1. The number of rotatable bonds is 2. The molecule has 2 aromatic heterocycles. The molecule has 2 aliphatic heterocycles. The number of ether oxygens (including phenoxy) is 2. The third-order valence-electron chi connectivity index (χ3n) is 5.42. The number of aromatic nitrogens is 2. The average molecular weight is 362 g/mol. The van der Waals surface area contributed by atoms with Crippen LogP contribution in [0.15, 0.2) is 35.1 Å². The Balaban J connectivity index is 1.73. The van der Waals surface area contributed by atoms with Gasteiger partial charge in [0.15, 0.2) is 0 Å². The van der Waals surface area contributed by atoms with Gasteiger partial charge in [-0.2, -0.15) is 0 Å². The monoisotopic (exact) mass is 362 g/mol. The summed E-state index contributed by atoms with van der Waals surface area (Å²) >= 11 is 0. The molecule has 0 bridgehead atoms. The van der Waals surface area contributed by atoms with Crippen LogP contribution >= 0.6 is 0 Å². The van der Waals surface area contributed by atoms with Gasteiger partial charge in [-0.05, 0) is 36.8 Å². The molecule has 136 valence electrons. The Morgan fingerprint density at radius 2 is 2.11 bits per heavy atom. The Hall–Kier alpha value is -3.15. The number of pyridine rings is 2. The predicted molar refractivity (Wildman–Crippen MR) is 99.9 cm³/mol. The van der Waals surface area contributed by atoms with Gasteiger partial charge in [-0.3, -0.25) is 9.59 Å². The van der Waals surface area contributed by atoms with Crippen molar-refractivity contribution in [1.29, 1.82) is 0 Å². The quantitative estimate of drug-likeness (QED) is 0.513. The number of nitrogens with zero attached hydrogens (tertiary/aromatic N) is 2. The molecule has 6 heteroatoms. The molecule has 0 N–H and O–H groups in total. The first-order valence-corrected chi connectivity index (χ1v) is 9.03. The molecule has 1 unspecified atom stereocenters. The molecule has 4 heterocycles. The van der Waals surface area contributed by atoms with Gasteiger partial charge in [0.2, 0.25) is 0 Å². The molecule has 1 aromatic carbocycles. The van der Waals surface area contributed by atoms with Crippen molar-refractivity contribution < 1.29 is 14.3 Å². The summed E-state index contributed by atoms with van der Waals surface area (Å²) in [6.07, 6.45) is 0.307. The highest BCUT2D eigenvalue weighted by Gasteiger charge is 2.32. The highest BCUT2D eigenvalue weighted by molar-refractivity contribution is 5.85. The molecular formula is C21H18N2O4. The first kappa shape index (κ1) is 16.1. The molecule has 2 aliphatic rings. The fraction of sp³-hybridized carbons (Fsp3) is 0.286. The molecule has 0 radical (unpaired) electrons. The Kier molecular flexibility index (Phi) is 3.37. The Morgan fingerprint density at radius 1 is 1.26 bits per heavy atom. The molecule has 5 rings (SSSR count). The van der Waals surface area contributed by atoms with Crippen molar-refractivity contribution in [2.45, 2.75) is 32.4 Å². The van der Waals surface area contributed by atoms with Gasteiger partial charge in [0.25, 0.3) is 5.56 Å². The highest BCUT2D eigenvalue weighted by atomic mass is 16.5. The number of esters is 1. The van der Waals surface area contributed by atoms with Crippen LogP contribution in [-0.2, 0) is 22.5 Å². The molecule has 0 spiro atoms. The van der Waals surface area contributed by atoms with E-state index in [1.807, 2.05) is 31.2 Å². The van der Waals surface area contributed by atoms with Crippen molar-refractivity contribution in [1.82, 2.24) is 9.55 Å². The summed E-state index contributed by atoms with van der Waals surface area (Å²) in [5.74, 6) is 0.437. The third-order valence-corrected chi connectivity index (χ3v) is 5.42. The first-order valence-electron chi connectivity index (χ1n) is 9.03. The zero-order valence-corrected chi connectivity index (χ0v) is 15.1. The maximum absolute atomic E-state index is 13.1. The van der Waals surface area contributed by atoms with Gasteiger partial charge >= 0.3 is 5.97 Å². The van der Waals surface area contributed by atoms with Gasteiger partial charge in [-0.25, -0.2) is 4.98 Å². The van der Waals surface area contributed by atoms with E-state index in [2.05, 4.69) is 6.07 Å². The minimum Gasteiger partial charge on any atom is -0.497 e. The summed E-state index contributed by atoms with van der Waals surface area (Å²) in [6.45, 7) is 2.41. The van der Waals surface area contributed by atoms with E-state index >= 15 is 0 Å². The van der Waals surface area contributed by atoms with Crippen molar-refractivity contribution in [2.24, 2.45) is 0 Å². The zero-order chi connectivity index (χ0) is 18.7. The van der Waals surface area contributed by atoms with Crippen LogP contribution in [0, 0.1) is 0 Å². The number of carbonyl (C=O) groups excluding carboxylic acids is 1. The number of fused-ring (bicyclic) bond motifs is 5. The Bertz CT molecular complexity index is 1180. The lowest BCUT2D eigenvalue weighted by Crippen LogP contribution is -2.32. The second-order valence-electron chi connectivity index (χ2n) is 6.97. The van der Waals surface area contributed by atoms with E-state index in [1.54, 1.807) is 11.7 Å². The maximum Gasteiger partial charge on any atom is 0.311 e. The number of methoxy groups -OCH3 is 1. The summed E-state index contributed by atoms with van der Waals surface area (Å²) in [5.41, 5.74) is 4.72. The summed E-state index contributed by atoms with van der Waals surface area (Å²) in [7, 11) is 1.63. The van der Waals surface area contributed by atoms with Gasteiger partial charge < -0.3 is 14.0 Å². The normalized spacial score (nSPS) is 17.3. The summed E-state index contributed by atoms with van der Waals surface area (Å²) < 4.78 is 12.5. The van der Waals surface area contributed by atoms with Crippen molar-refractivity contribution in [3.8, 4) is 17.1 Å². The van der Waals surface area contributed by atoms with Crippen LogP contribution in [0.1, 0.15) is 36.1 Å². The van der Waals surface area contributed by atoms with Crippen LogP contribution in [0.3, 0.4) is 0 Å². The molecule has 0 amide bonds. The van der Waals surface area contributed by atoms with Crippen molar-refractivity contribution in [3.05, 3.63) is 57.4 Å². The molecule has 6 nitrogen and oxygen atoms in total. The van der Waals surface area contributed by atoms with E-state index in [9.17, 15) is 9.59 Å². The smallest absolute Gasteiger partial charge is 0.311 e. The van der Waals surface area contributed by atoms with E-state index in [0.717, 1.165) is 39.2 Å². The molecule has 0 fully saturated rings. The summed E-state index contributed by atoms with van der Waals surface area (Å²) in [6, 6.07) is 9.78. The van der Waals surface area contributed by atoms with Crippen LogP contribution in [0.25, 0.3) is 22.3 Å². The van der Waals surface area contributed by atoms with E-state index in [1.165, 1.54) is 0 Å². The van der Waals surface area contributed by atoms with Gasteiger partial charge in [-0.1, -0.05) is 6.92 Å². The topological polar surface area (TPSA) is 70.4 Å². The minimum absolute atomic E-state index is 0.0356. The van der Waals surface area contributed by atoms with Gasteiger partial charge in [0.05, 0.1) is 37.0 Å². The number of carbonyl (C=O) groups is 1. The van der Waals surface area contributed by atoms with Crippen LogP contribution in [0.4, 0.5) is 0 Å². The van der Waals surface area contributed by atoms with E-state index < -0.39 is 0 Å². The maximum atomic E-state index is 13.1. The minimum atomic E-state index is -0.367. The second-order valence-corrected chi connectivity index (χ2v) is 6.97. The van der Waals surface area contributed by atoms with E-state index in [0.29, 0.717) is 18.5 Å². The molecule has 1 atom stereocenters. The lowest BCUT2D eigenvalue weighted by molar-refractivity contribution is -0.150. The fourth-order valence-corrected chi connectivity index (χ4v) is 4.08. The molecule has 0 aliphatic carbocycles. The number of benzene rings is 1. The predicted octanol–water partition coefficient (Wildman–Crippen LogP) is 2.98. The number of cyclic esters (lactones) is 1. The van der Waals surface area contributed by atoms with Crippen LogP contribution in [0.5, 0.6) is 5.75 Å². The number of hydrogen-bond acceptors (Lipinski definition) is 5. The molecule has 27 heavy (non-hydrogen) atoms. The summed E-state index contributed by atoms with van der Waals surface area (Å²) in [5, 5.41) is 0.976. The van der Waals surface area contributed by atoms with Crippen molar-refractivity contribution in [3.63, 3.8) is 0 Å². The number of hydrogen-bond donors (Lipinski definition) is 0. The van der Waals surface area contributed by atoms with Gasteiger partial charge in [0, 0.05) is 22.1 Å². The first-order chi connectivity index (χ1) is 13.1. The fourth-order valence-electron chi connectivity index (χ4n) is 4.08. The molecule has 0 saturated carbocycles. The third kappa shape index (κ3) is 2.29. The lowest BCUT2D eigenvalue weighted by atomic mass is 9.96. The standard InChI is InChI=1S/C21H18N2O4/c1-3-18-14-8-17-20-12(6-11-7-13(26-2)4-5-16(11)22-20)10-23(17)21(25)15(14)9-19(24)27-18/h4-8,18H,3,9-10H2,1-2H3. The highest BCUT2D eigenvalue weighted by Crippen LogP contribution is 2.37. The van der Waals surface area contributed by atoms with Crippen molar-refractivity contribution in [2.75, 3.05) is 7.11 Å². The van der Waals surface area contributed by atoms with Crippen molar-refractivity contribution >= 4 is 16.9 Å². The largest absolute Gasteiger partial charge is 0.497 e. The molecule has 0 saturated heterocycles. The van der Waals surface area contributed by atoms with Crippen LogP contribution in [0.2, 0.25) is 0 Å². The van der Waals surface area contributed by atoms with Gasteiger partial charge in [-0.15, -0.1) is 0 Å².